The van der Waals surface area contributed by atoms with Crippen LogP contribution in [0, 0.1) is 6.92 Å². The number of hydrogen-bond acceptors (Lipinski definition) is 4. The molecule has 3 aromatic heterocycles. The Hall–Kier alpha value is -2.01. The Morgan fingerprint density at radius 1 is 1.21 bits per heavy atom. The van der Waals surface area contributed by atoms with Gasteiger partial charge < -0.3 is 4.57 Å². The number of halogens is 1. The van der Waals surface area contributed by atoms with E-state index in [-0.39, 0.29) is 0 Å². The first-order valence-corrected chi connectivity index (χ1v) is 6.38. The Morgan fingerprint density at radius 2 is 2.05 bits per heavy atom. The molecule has 3 aromatic rings. The molecule has 0 fully saturated rings. The van der Waals surface area contributed by atoms with E-state index in [0.29, 0.717) is 10.7 Å². The lowest BCUT2D eigenvalue weighted by molar-refractivity contribution is 0.785. The van der Waals surface area contributed by atoms with Gasteiger partial charge in [0, 0.05) is 24.0 Å². The molecule has 19 heavy (non-hydrogen) atoms. The summed E-state index contributed by atoms with van der Waals surface area (Å²) in [4.78, 5) is 17.1. The number of aryl methyl sites for hydroxylation is 2. The van der Waals surface area contributed by atoms with Crippen LogP contribution in [0.5, 0.6) is 0 Å². The van der Waals surface area contributed by atoms with E-state index in [4.69, 9.17) is 11.6 Å². The summed E-state index contributed by atoms with van der Waals surface area (Å²) in [5.41, 5.74) is 3.29. The molecule has 0 amide bonds. The van der Waals surface area contributed by atoms with Crippen LogP contribution in [0.3, 0.4) is 0 Å². The van der Waals surface area contributed by atoms with Crippen molar-refractivity contribution < 1.29 is 0 Å². The Bertz CT molecular complexity index is 733. The predicted molar refractivity (Wildman–Crippen MR) is 74.0 cm³/mol. The quantitative estimate of drug-likeness (QED) is 0.674. The standard InChI is InChI=1S/C13H12ClN5/c1-3-19-12(9-5-4-8(2)15-6-9)18-10-11(14)16-7-17-13(10)19/h4-7H,3H2,1-2H3. The fourth-order valence-corrected chi connectivity index (χ4v) is 2.20. The third kappa shape index (κ3) is 1.96. The van der Waals surface area contributed by atoms with Gasteiger partial charge in [-0.2, -0.15) is 0 Å². The van der Waals surface area contributed by atoms with Crippen LogP contribution in [0.1, 0.15) is 12.6 Å². The maximum atomic E-state index is 6.07. The lowest BCUT2D eigenvalue weighted by Gasteiger charge is -2.05. The monoisotopic (exact) mass is 273 g/mol. The molecule has 6 heteroatoms. The zero-order valence-electron chi connectivity index (χ0n) is 10.6. The maximum absolute atomic E-state index is 6.07. The van der Waals surface area contributed by atoms with Crippen molar-refractivity contribution in [2.75, 3.05) is 0 Å². The second-order valence-electron chi connectivity index (χ2n) is 4.20. The van der Waals surface area contributed by atoms with Crippen molar-refractivity contribution in [1.29, 1.82) is 0 Å². The average molecular weight is 274 g/mol. The molecule has 96 valence electrons. The van der Waals surface area contributed by atoms with Gasteiger partial charge in [0.15, 0.2) is 10.8 Å². The molecule has 3 heterocycles. The van der Waals surface area contributed by atoms with Gasteiger partial charge in [0.2, 0.25) is 0 Å². The predicted octanol–water partition coefficient (Wildman–Crippen LogP) is 2.87. The van der Waals surface area contributed by atoms with Gasteiger partial charge >= 0.3 is 0 Å². The molecular weight excluding hydrogens is 262 g/mol. The van der Waals surface area contributed by atoms with Crippen molar-refractivity contribution in [2.24, 2.45) is 0 Å². The smallest absolute Gasteiger partial charge is 0.165 e. The van der Waals surface area contributed by atoms with Crippen LogP contribution in [-0.4, -0.2) is 24.5 Å². The maximum Gasteiger partial charge on any atom is 0.165 e. The fraction of sp³-hybridized carbons (Fsp3) is 0.231. The first-order chi connectivity index (χ1) is 9.20. The van der Waals surface area contributed by atoms with Crippen LogP contribution in [-0.2, 0) is 6.54 Å². The average Bonchev–Trinajstić information content (AvgIpc) is 2.79. The van der Waals surface area contributed by atoms with Gasteiger partial charge in [-0.1, -0.05) is 11.6 Å². The number of hydrogen-bond donors (Lipinski definition) is 0. The van der Waals surface area contributed by atoms with E-state index in [1.807, 2.05) is 36.7 Å². The normalized spacial score (nSPS) is 11.1. The molecule has 0 bridgehead atoms. The molecule has 0 radical (unpaired) electrons. The molecule has 0 aliphatic carbocycles. The second kappa shape index (κ2) is 4.59. The van der Waals surface area contributed by atoms with E-state index in [1.54, 1.807) is 0 Å². The molecular formula is C13H12ClN5. The van der Waals surface area contributed by atoms with E-state index in [1.165, 1.54) is 6.33 Å². The van der Waals surface area contributed by atoms with Crippen molar-refractivity contribution in [2.45, 2.75) is 20.4 Å². The van der Waals surface area contributed by atoms with Crippen LogP contribution in [0.2, 0.25) is 5.15 Å². The highest BCUT2D eigenvalue weighted by Gasteiger charge is 2.15. The summed E-state index contributed by atoms with van der Waals surface area (Å²) in [7, 11) is 0. The van der Waals surface area contributed by atoms with Crippen molar-refractivity contribution >= 4 is 22.8 Å². The zero-order chi connectivity index (χ0) is 13.4. The van der Waals surface area contributed by atoms with E-state index in [0.717, 1.165) is 29.3 Å². The van der Waals surface area contributed by atoms with Crippen molar-refractivity contribution in [3.8, 4) is 11.4 Å². The highest BCUT2D eigenvalue weighted by Crippen LogP contribution is 2.26. The van der Waals surface area contributed by atoms with Crippen LogP contribution in [0.4, 0.5) is 0 Å². The van der Waals surface area contributed by atoms with Gasteiger partial charge in [0.1, 0.15) is 17.7 Å². The lowest BCUT2D eigenvalue weighted by Crippen LogP contribution is -1.99. The summed E-state index contributed by atoms with van der Waals surface area (Å²) < 4.78 is 2.01. The molecule has 3 rings (SSSR count). The fourth-order valence-electron chi connectivity index (χ4n) is 2.03. The minimum Gasteiger partial charge on any atom is -0.309 e. The van der Waals surface area contributed by atoms with Crippen LogP contribution in [0.15, 0.2) is 24.7 Å². The van der Waals surface area contributed by atoms with E-state index in [9.17, 15) is 0 Å². The van der Waals surface area contributed by atoms with Gasteiger partial charge in [-0.15, -0.1) is 0 Å². The minimum absolute atomic E-state index is 0.374. The summed E-state index contributed by atoms with van der Waals surface area (Å²) in [6.45, 7) is 4.75. The summed E-state index contributed by atoms with van der Waals surface area (Å²) in [5.74, 6) is 0.812. The van der Waals surface area contributed by atoms with Gasteiger partial charge in [-0.05, 0) is 26.0 Å². The first-order valence-electron chi connectivity index (χ1n) is 6.00. The number of pyridine rings is 1. The molecule has 0 N–H and O–H groups in total. The molecule has 0 saturated carbocycles. The van der Waals surface area contributed by atoms with Gasteiger partial charge in [0.25, 0.3) is 0 Å². The van der Waals surface area contributed by atoms with E-state index in [2.05, 4.69) is 19.9 Å². The third-order valence-electron chi connectivity index (χ3n) is 2.97. The molecule has 0 unspecified atom stereocenters. The number of aromatic nitrogens is 5. The van der Waals surface area contributed by atoms with Gasteiger partial charge in [-0.25, -0.2) is 15.0 Å². The number of nitrogens with zero attached hydrogens (tertiary/aromatic N) is 5. The van der Waals surface area contributed by atoms with Gasteiger partial charge in [0.05, 0.1) is 0 Å². The zero-order valence-corrected chi connectivity index (χ0v) is 11.4. The van der Waals surface area contributed by atoms with Crippen molar-refractivity contribution in [3.63, 3.8) is 0 Å². The highest BCUT2D eigenvalue weighted by molar-refractivity contribution is 6.33. The topological polar surface area (TPSA) is 56.5 Å². The Morgan fingerprint density at radius 3 is 2.74 bits per heavy atom. The molecule has 0 spiro atoms. The molecule has 0 aliphatic heterocycles. The Balaban J connectivity index is 2.29. The molecule has 0 aromatic carbocycles. The summed E-state index contributed by atoms with van der Waals surface area (Å²) in [5, 5.41) is 0.374. The van der Waals surface area contributed by atoms with Crippen molar-refractivity contribution in [1.82, 2.24) is 24.5 Å². The summed E-state index contributed by atoms with van der Waals surface area (Å²) >= 11 is 6.07. The van der Waals surface area contributed by atoms with Crippen LogP contribution < -0.4 is 0 Å². The van der Waals surface area contributed by atoms with Crippen LogP contribution in [0.25, 0.3) is 22.6 Å². The molecule has 0 aliphatic rings. The van der Waals surface area contributed by atoms with Gasteiger partial charge in [-0.3, -0.25) is 4.98 Å². The van der Waals surface area contributed by atoms with Crippen molar-refractivity contribution in [3.05, 3.63) is 35.5 Å². The summed E-state index contributed by atoms with van der Waals surface area (Å²) in [6, 6.07) is 3.96. The molecule has 0 atom stereocenters. The Kier molecular flexibility index (Phi) is 2.91. The lowest BCUT2D eigenvalue weighted by atomic mass is 10.2. The summed E-state index contributed by atoms with van der Waals surface area (Å²) in [6.07, 6.45) is 3.26. The highest BCUT2D eigenvalue weighted by atomic mass is 35.5. The van der Waals surface area contributed by atoms with E-state index < -0.39 is 0 Å². The third-order valence-corrected chi connectivity index (χ3v) is 3.25. The Labute approximate surface area is 115 Å². The second-order valence-corrected chi connectivity index (χ2v) is 4.56. The first kappa shape index (κ1) is 12.0. The molecule has 0 saturated heterocycles. The number of imidazole rings is 1. The van der Waals surface area contributed by atoms with E-state index >= 15 is 0 Å². The van der Waals surface area contributed by atoms with Crippen LogP contribution >= 0.6 is 11.6 Å². The number of fused-ring (bicyclic) bond motifs is 1. The number of rotatable bonds is 2. The largest absolute Gasteiger partial charge is 0.309 e. The minimum atomic E-state index is 0.374. The molecule has 5 nitrogen and oxygen atoms in total. The SMILES string of the molecule is CCn1c(-c2ccc(C)nc2)nc2c(Cl)ncnc21.